The van der Waals surface area contributed by atoms with E-state index in [0.29, 0.717) is 24.0 Å². The second-order valence-electron chi connectivity index (χ2n) is 10.4. The minimum Gasteiger partial charge on any atom is -0.508 e. The molecule has 1 saturated carbocycles. The molecular weight excluding hydrogens is 422 g/mol. The number of hydrogen-bond donors (Lipinski definition) is 2. The molecule has 2 bridgehead atoms. The quantitative estimate of drug-likeness (QED) is 0.588. The van der Waals surface area contributed by atoms with Gasteiger partial charge >= 0.3 is 0 Å². The molecule has 0 spiro atoms. The van der Waals surface area contributed by atoms with Crippen LogP contribution in [0.2, 0.25) is 0 Å². The number of fused-ring (bicyclic) bond motifs is 2. The van der Waals surface area contributed by atoms with Crippen molar-refractivity contribution in [3.63, 3.8) is 0 Å². The Kier molecular flexibility index (Phi) is 6.75. The first-order valence-corrected chi connectivity index (χ1v) is 12.9. The molecule has 2 aromatic carbocycles. The summed E-state index contributed by atoms with van der Waals surface area (Å²) < 4.78 is 0. The molecule has 1 amide bonds. The maximum Gasteiger partial charge on any atom is 0.251 e. The van der Waals surface area contributed by atoms with E-state index in [1.807, 2.05) is 30.3 Å². The Morgan fingerprint density at radius 1 is 1.09 bits per heavy atom. The molecule has 1 aliphatic carbocycles. The number of rotatable bonds is 7. The van der Waals surface area contributed by atoms with Crippen molar-refractivity contribution in [3.05, 3.63) is 77.9 Å². The zero-order valence-electron chi connectivity index (χ0n) is 20.2. The van der Waals surface area contributed by atoms with E-state index in [4.69, 9.17) is 0 Å². The number of carbonyl (C=O) groups is 1. The standard InChI is InChI=1S/C29H37N3O2/c1-3-16-31-18-26-20(2)27(19-31)32(26)28(23-8-7-11-25(33)17-23)21-12-14-22(15-13-21)29(34)30-24-9-5-4-6-10-24/h3,7-8,11-15,17,20,24,26-28,33H,1,4-6,9-10,16,18-19H2,2H3,(H,30,34). The summed E-state index contributed by atoms with van der Waals surface area (Å²) in [6.45, 7) is 9.26. The molecule has 4 fully saturated rings. The summed E-state index contributed by atoms with van der Waals surface area (Å²) in [6, 6.07) is 17.1. The van der Waals surface area contributed by atoms with Crippen molar-refractivity contribution in [2.45, 2.75) is 63.2 Å². The molecule has 2 N–H and O–H groups in total. The molecule has 4 aliphatic rings. The molecule has 3 atom stereocenters. The van der Waals surface area contributed by atoms with Crippen LogP contribution in [0.15, 0.2) is 61.2 Å². The summed E-state index contributed by atoms with van der Waals surface area (Å²) in [7, 11) is 0. The van der Waals surface area contributed by atoms with E-state index in [-0.39, 0.29) is 17.7 Å². The highest BCUT2D eigenvalue weighted by Gasteiger charge is 2.53. The van der Waals surface area contributed by atoms with E-state index < -0.39 is 0 Å². The topological polar surface area (TPSA) is 55.8 Å². The van der Waals surface area contributed by atoms with Gasteiger partial charge in [-0.25, -0.2) is 0 Å². The first kappa shape index (κ1) is 23.1. The summed E-state index contributed by atoms with van der Waals surface area (Å²) in [5.41, 5.74) is 2.98. The Labute approximate surface area is 203 Å². The molecule has 3 heterocycles. The van der Waals surface area contributed by atoms with Crippen LogP contribution in [0.5, 0.6) is 5.75 Å². The minimum atomic E-state index is 0.0295. The largest absolute Gasteiger partial charge is 0.508 e. The summed E-state index contributed by atoms with van der Waals surface area (Å²) in [6.07, 6.45) is 7.85. The predicted octanol–water partition coefficient (Wildman–Crippen LogP) is 4.73. The van der Waals surface area contributed by atoms with E-state index >= 15 is 0 Å². The van der Waals surface area contributed by atoms with Crippen molar-refractivity contribution in [1.82, 2.24) is 15.1 Å². The Balaban J connectivity index is 1.39. The normalized spacial score (nSPS) is 26.4. The minimum absolute atomic E-state index is 0.0295. The second kappa shape index (κ2) is 9.93. The smallest absolute Gasteiger partial charge is 0.251 e. The molecule has 34 heavy (non-hydrogen) atoms. The number of aromatic hydroxyl groups is 1. The summed E-state index contributed by atoms with van der Waals surface area (Å²) >= 11 is 0. The number of benzene rings is 2. The fourth-order valence-corrected chi connectivity index (χ4v) is 6.35. The van der Waals surface area contributed by atoms with Gasteiger partial charge in [0, 0.05) is 43.3 Å². The lowest BCUT2D eigenvalue weighted by molar-refractivity contribution is -0.133. The molecule has 5 heteroatoms. The maximum absolute atomic E-state index is 12.8. The van der Waals surface area contributed by atoms with Crippen LogP contribution in [-0.4, -0.2) is 58.6 Å². The van der Waals surface area contributed by atoms with Crippen LogP contribution in [0, 0.1) is 5.92 Å². The summed E-state index contributed by atoms with van der Waals surface area (Å²) in [5, 5.41) is 13.5. The fourth-order valence-electron chi connectivity index (χ4n) is 6.35. The molecule has 3 saturated heterocycles. The lowest BCUT2D eigenvalue weighted by atomic mass is 9.74. The predicted molar refractivity (Wildman–Crippen MR) is 136 cm³/mol. The average molecular weight is 460 g/mol. The van der Waals surface area contributed by atoms with Gasteiger partial charge in [0.1, 0.15) is 5.75 Å². The third-order valence-electron chi connectivity index (χ3n) is 8.17. The third kappa shape index (κ3) is 4.51. The maximum atomic E-state index is 12.8. The fraction of sp³-hybridized carbons (Fsp3) is 0.483. The Morgan fingerprint density at radius 3 is 2.44 bits per heavy atom. The van der Waals surface area contributed by atoms with Gasteiger partial charge in [0.15, 0.2) is 0 Å². The molecule has 3 unspecified atom stereocenters. The van der Waals surface area contributed by atoms with Crippen molar-refractivity contribution in [2.24, 2.45) is 5.92 Å². The highest BCUT2D eigenvalue weighted by atomic mass is 16.3. The van der Waals surface area contributed by atoms with Crippen molar-refractivity contribution in [1.29, 1.82) is 0 Å². The van der Waals surface area contributed by atoms with Crippen LogP contribution in [0.4, 0.5) is 0 Å². The van der Waals surface area contributed by atoms with Gasteiger partial charge in [-0.05, 0) is 54.2 Å². The highest BCUT2D eigenvalue weighted by molar-refractivity contribution is 5.94. The number of hydrogen-bond acceptors (Lipinski definition) is 4. The van der Waals surface area contributed by atoms with E-state index in [1.165, 1.54) is 24.8 Å². The van der Waals surface area contributed by atoms with Crippen LogP contribution in [0.1, 0.15) is 66.6 Å². The monoisotopic (exact) mass is 459 g/mol. The van der Waals surface area contributed by atoms with Gasteiger partial charge in [-0.2, -0.15) is 0 Å². The lowest BCUT2D eigenvalue weighted by Gasteiger charge is -2.63. The Bertz CT molecular complexity index is 1000. The first-order valence-electron chi connectivity index (χ1n) is 12.9. The van der Waals surface area contributed by atoms with Crippen LogP contribution >= 0.6 is 0 Å². The number of carbonyl (C=O) groups excluding carboxylic acids is 1. The third-order valence-corrected chi connectivity index (χ3v) is 8.17. The number of phenols is 1. The van der Waals surface area contributed by atoms with Crippen molar-refractivity contribution >= 4 is 5.91 Å². The number of piperidine rings is 1. The number of amides is 1. The highest BCUT2D eigenvalue weighted by Crippen LogP contribution is 2.46. The Hall–Kier alpha value is -2.63. The number of nitrogens with zero attached hydrogens (tertiary/aromatic N) is 2. The van der Waals surface area contributed by atoms with Gasteiger partial charge in [-0.15, -0.1) is 6.58 Å². The summed E-state index contributed by atoms with van der Waals surface area (Å²) in [5.74, 6) is 0.960. The molecular formula is C29H37N3O2. The van der Waals surface area contributed by atoms with E-state index in [9.17, 15) is 9.90 Å². The van der Waals surface area contributed by atoms with Gasteiger partial charge in [0.2, 0.25) is 0 Å². The zero-order chi connectivity index (χ0) is 23.7. The SMILES string of the molecule is C=CCN1CC2C(C)C(C1)N2C(c1ccc(C(=O)NC2CCCCC2)cc1)c1cccc(O)c1. The first-order chi connectivity index (χ1) is 16.5. The molecule has 0 aromatic heterocycles. The number of phenolic OH excluding ortho intramolecular Hbond substituents is 1. The average Bonchev–Trinajstić information content (AvgIpc) is 2.86. The molecule has 180 valence electrons. The number of piperazine rings is 1. The zero-order valence-corrected chi connectivity index (χ0v) is 20.2. The van der Waals surface area contributed by atoms with Gasteiger partial charge in [0.25, 0.3) is 5.91 Å². The van der Waals surface area contributed by atoms with Crippen molar-refractivity contribution in [3.8, 4) is 5.75 Å². The van der Waals surface area contributed by atoms with Gasteiger partial charge in [-0.1, -0.05) is 56.5 Å². The van der Waals surface area contributed by atoms with Crippen molar-refractivity contribution < 1.29 is 9.90 Å². The van der Waals surface area contributed by atoms with Crippen LogP contribution in [0.25, 0.3) is 0 Å². The second-order valence-corrected chi connectivity index (χ2v) is 10.4. The molecule has 3 aliphatic heterocycles. The summed E-state index contributed by atoms with van der Waals surface area (Å²) in [4.78, 5) is 17.9. The Morgan fingerprint density at radius 2 is 1.79 bits per heavy atom. The van der Waals surface area contributed by atoms with Gasteiger partial charge < -0.3 is 10.4 Å². The van der Waals surface area contributed by atoms with E-state index in [1.54, 1.807) is 6.07 Å². The molecule has 6 rings (SSSR count). The van der Waals surface area contributed by atoms with Gasteiger partial charge in [0.05, 0.1) is 6.04 Å². The number of nitrogens with one attached hydrogen (secondary N) is 1. The molecule has 2 aromatic rings. The lowest BCUT2D eigenvalue weighted by Crippen LogP contribution is -2.74. The van der Waals surface area contributed by atoms with E-state index in [2.05, 4.69) is 46.8 Å². The van der Waals surface area contributed by atoms with Crippen molar-refractivity contribution in [2.75, 3.05) is 19.6 Å². The van der Waals surface area contributed by atoms with Crippen LogP contribution in [0.3, 0.4) is 0 Å². The van der Waals surface area contributed by atoms with Gasteiger partial charge in [-0.3, -0.25) is 14.6 Å². The van der Waals surface area contributed by atoms with Crippen LogP contribution < -0.4 is 5.32 Å². The van der Waals surface area contributed by atoms with E-state index in [0.717, 1.165) is 43.6 Å². The van der Waals surface area contributed by atoms with Crippen LogP contribution in [-0.2, 0) is 0 Å². The molecule has 0 radical (unpaired) electrons. The molecule has 5 nitrogen and oxygen atoms in total.